The fourth-order valence-corrected chi connectivity index (χ4v) is 3.56. The van der Waals surface area contributed by atoms with E-state index in [0.717, 1.165) is 0 Å². The number of benzene rings is 1. The Bertz CT molecular complexity index is 443. The van der Waals surface area contributed by atoms with Gasteiger partial charge in [-0.05, 0) is 54.3 Å². The first-order valence-corrected chi connectivity index (χ1v) is 6.98. The summed E-state index contributed by atoms with van der Waals surface area (Å²) >= 11 is 0. The fraction of sp³-hybridized carbons (Fsp3) is 0.647. The zero-order chi connectivity index (χ0) is 13.7. The van der Waals surface area contributed by atoms with Crippen LogP contribution in [-0.2, 0) is 0 Å². The molecule has 2 rings (SSSR count). The summed E-state index contributed by atoms with van der Waals surface area (Å²) in [5, 5.41) is 3.54. The SMILES string of the molecule is CNC(c1ccc(C)c(C)c1)C1C(C)(C)C1(C)C. The molecule has 0 heterocycles. The first-order chi connectivity index (χ1) is 8.23. The van der Waals surface area contributed by atoms with Gasteiger partial charge in [-0.1, -0.05) is 45.9 Å². The van der Waals surface area contributed by atoms with Crippen LogP contribution in [0.5, 0.6) is 0 Å². The molecule has 100 valence electrons. The van der Waals surface area contributed by atoms with Gasteiger partial charge in [0, 0.05) is 6.04 Å². The van der Waals surface area contributed by atoms with Gasteiger partial charge in [-0.2, -0.15) is 0 Å². The fourth-order valence-electron chi connectivity index (χ4n) is 3.56. The van der Waals surface area contributed by atoms with Crippen LogP contribution in [0.4, 0.5) is 0 Å². The van der Waals surface area contributed by atoms with Crippen molar-refractivity contribution in [3.63, 3.8) is 0 Å². The van der Waals surface area contributed by atoms with Crippen LogP contribution in [0.15, 0.2) is 18.2 Å². The van der Waals surface area contributed by atoms with Crippen molar-refractivity contribution in [2.45, 2.75) is 47.6 Å². The van der Waals surface area contributed by atoms with Crippen LogP contribution >= 0.6 is 0 Å². The Kier molecular flexibility index (Phi) is 3.09. The predicted molar refractivity (Wildman–Crippen MR) is 78.8 cm³/mol. The summed E-state index contributed by atoms with van der Waals surface area (Å²) in [4.78, 5) is 0. The van der Waals surface area contributed by atoms with Crippen LogP contribution in [0.1, 0.15) is 50.4 Å². The van der Waals surface area contributed by atoms with Crippen LogP contribution in [-0.4, -0.2) is 7.05 Å². The zero-order valence-electron chi connectivity index (χ0n) is 12.9. The van der Waals surface area contributed by atoms with Gasteiger partial charge in [0.25, 0.3) is 0 Å². The summed E-state index contributed by atoms with van der Waals surface area (Å²) in [5.41, 5.74) is 5.04. The highest BCUT2D eigenvalue weighted by Gasteiger charge is 2.67. The van der Waals surface area contributed by atoms with Crippen molar-refractivity contribution >= 4 is 0 Å². The van der Waals surface area contributed by atoms with E-state index in [1.54, 1.807) is 0 Å². The Balaban J connectivity index is 2.33. The predicted octanol–water partition coefficient (Wildman–Crippen LogP) is 4.25. The zero-order valence-corrected chi connectivity index (χ0v) is 12.9. The number of aryl methyl sites for hydroxylation is 2. The van der Waals surface area contributed by atoms with Gasteiger partial charge >= 0.3 is 0 Å². The highest BCUT2D eigenvalue weighted by atomic mass is 14.9. The summed E-state index contributed by atoms with van der Waals surface area (Å²) in [6, 6.07) is 7.35. The molecule has 0 bridgehead atoms. The maximum absolute atomic E-state index is 3.54. The third-order valence-electron chi connectivity index (χ3n) is 5.67. The molecule has 1 heteroatoms. The molecule has 0 amide bonds. The summed E-state index contributed by atoms with van der Waals surface area (Å²) in [6.07, 6.45) is 0. The molecule has 0 radical (unpaired) electrons. The van der Waals surface area contributed by atoms with Crippen molar-refractivity contribution in [2.24, 2.45) is 16.7 Å². The van der Waals surface area contributed by atoms with Gasteiger partial charge in [0.15, 0.2) is 0 Å². The van der Waals surface area contributed by atoms with Crippen LogP contribution < -0.4 is 5.32 Å². The van der Waals surface area contributed by atoms with Crippen molar-refractivity contribution in [1.82, 2.24) is 5.32 Å². The normalized spacial score (nSPS) is 22.8. The van der Waals surface area contributed by atoms with Gasteiger partial charge in [-0.15, -0.1) is 0 Å². The smallest absolute Gasteiger partial charge is 0.0356 e. The van der Waals surface area contributed by atoms with E-state index in [1.807, 2.05) is 0 Å². The van der Waals surface area contributed by atoms with Gasteiger partial charge in [-0.25, -0.2) is 0 Å². The standard InChI is InChI=1S/C17H27N/c1-11-8-9-13(10-12(11)2)14(18-7)15-16(3,4)17(15,5)6/h8-10,14-15,18H,1-7H3. The average Bonchev–Trinajstić information content (AvgIpc) is 2.67. The van der Waals surface area contributed by atoms with Crippen molar-refractivity contribution < 1.29 is 0 Å². The van der Waals surface area contributed by atoms with Crippen LogP contribution in [0.3, 0.4) is 0 Å². The minimum absolute atomic E-state index is 0.416. The molecule has 1 unspecified atom stereocenters. The maximum Gasteiger partial charge on any atom is 0.0356 e. The lowest BCUT2D eigenvalue weighted by molar-refractivity contribution is 0.437. The van der Waals surface area contributed by atoms with Crippen molar-refractivity contribution in [3.05, 3.63) is 34.9 Å². The molecule has 1 aromatic carbocycles. The molecule has 0 saturated heterocycles. The minimum Gasteiger partial charge on any atom is -0.313 e. The third-order valence-corrected chi connectivity index (χ3v) is 5.67. The van der Waals surface area contributed by atoms with E-state index in [-0.39, 0.29) is 0 Å². The van der Waals surface area contributed by atoms with Crippen molar-refractivity contribution in [2.75, 3.05) is 7.05 Å². The van der Waals surface area contributed by atoms with Crippen molar-refractivity contribution in [1.29, 1.82) is 0 Å². The van der Waals surface area contributed by atoms with Gasteiger partial charge in [-0.3, -0.25) is 0 Å². The average molecular weight is 245 g/mol. The summed E-state index contributed by atoms with van der Waals surface area (Å²) in [6.45, 7) is 13.9. The molecule has 1 saturated carbocycles. The summed E-state index contributed by atoms with van der Waals surface area (Å²) in [5.74, 6) is 0.706. The Morgan fingerprint density at radius 3 is 1.94 bits per heavy atom. The number of rotatable bonds is 3. The number of nitrogens with one attached hydrogen (secondary N) is 1. The quantitative estimate of drug-likeness (QED) is 0.839. The summed E-state index contributed by atoms with van der Waals surface area (Å²) in [7, 11) is 2.09. The van der Waals surface area contributed by atoms with E-state index < -0.39 is 0 Å². The third kappa shape index (κ3) is 1.80. The monoisotopic (exact) mass is 245 g/mol. The van der Waals surface area contributed by atoms with Gasteiger partial charge in [0.1, 0.15) is 0 Å². The van der Waals surface area contributed by atoms with E-state index >= 15 is 0 Å². The molecular formula is C17H27N. The van der Waals surface area contributed by atoms with Gasteiger partial charge in [0.05, 0.1) is 0 Å². The Labute approximate surface area is 112 Å². The van der Waals surface area contributed by atoms with Crippen LogP contribution in [0.2, 0.25) is 0 Å². The first kappa shape index (κ1) is 13.6. The molecule has 1 atom stereocenters. The molecule has 1 aromatic rings. The van der Waals surface area contributed by atoms with E-state index in [0.29, 0.717) is 22.8 Å². The largest absolute Gasteiger partial charge is 0.313 e. The molecule has 1 N–H and O–H groups in total. The molecule has 0 spiro atoms. The van der Waals surface area contributed by atoms with Gasteiger partial charge < -0.3 is 5.32 Å². The molecular weight excluding hydrogens is 218 g/mol. The molecule has 1 aliphatic carbocycles. The molecule has 18 heavy (non-hydrogen) atoms. The Hall–Kier alpha value is -0.820. The first-order valence-electron chi connectivity index (χ1n) is 6.98. The second-order valence-corrected chi connectivity index (χ2v) is 7.03. The summed E-state index contributed by atoms with van der Waals surface area (Å²) < 4.78 is 0. The second kappa shape index (κ2) is 4.09. The number of hydrogen-bond donors (Lipinski definition) is 1. The molecule has 1 nitrogen and oxygen atoms in total. The lowest BCUT2D eigenvalue weighted by Crippen LogP contribution is -2.21. The molecule has 1 aliphatic rings. The maximum atomic E-state index is 3.54. The Morgan fingerprint density at radius 1 is 1.00 bits per heavy atom. The Morgan fingerprint density at radius 2 is 1.56 bits per heavy atom. The van der Waals surface area contributed by atoms with Crippen LogP contribution in [0, 0.1) is 30.6 Å². The second-order valence-electron chi connectivity index (χ2n) is 7.03. The lowest BCUT2D eigenvalue weighted by Gasteiger charge is -2.20. The van der Waals surface area contributed by atoms with Gasteiger partial charge in [0.2, 0.25) is 0 Å². The van der Waals surface area contributed by atoms with E-state index in [1.165, 1.54) is 16.7 Å². The lowest BCUT2D eigenvalue weighted by atomic mass is 9.94. The van der Waals surface area contributed by atoms with Crippen molar-refractivity contribution in [3.8, 4) is 0 Å². The number of hydrogen-bond acceptors (Lipinski definition) is 1. The molecule has 0 aromatic heterocycles. The van der Waals surface area contributed by atoms with E-state index in [4.69, 9.17) is 0 Å². The molecule has 1 fully saturated rings. The van der Waals surface area contributed by atoms with E-state index in [2.05, 4.69) is 72.1 Å². The highest BCUT2D eigenvalue weighted by Crippen LogP contribution is 2.72. The molecule has 0 aliphatic heterocycles. The topological polar surface area (TPSA) is 12.0 Å². The van der Waals surface area contributed by atoms with Crippen LogP contribution in [0.25, 0.3) is 0 Å². The highest BCUT2D eigenvalue weighted by molar-refractivity contribution is 5.34. The van der Waals surface area contributed by atoms with E-state index in [9.17, 15) is 0 Å². The minimum atomic E-state index is 0.416.